The van der Waals surface area contributed by atoms with E-state index >= 15 is 0 Å². The van der Waals surface area contributed by atoms with E-state index in [1.54, 1.807) is 22.7 Å². The maximum absolute atomic E-state index is 13.2. The van der Waals surface area contributed by atoms with E-state index in [0.717, 1.165) is 5.56 Å². The predicted octanol–water partition coefficient (Wildman–Crippen LogP) is 2.01. The van der Waals surface area contributed by atoms with Gasteiger partial charge in [0.05, 0.1) is 6.54 Å². The van der Waals surface area contributed by atoms with E-state index in [-0.39, 0.29) is 17.9 Å². The van der Waals surface area contributed by atoms with E-state index in [2.05, 4.69) is 12.2 Å². The summed E-state index contributed by atoms with van der Waals surface area (Å²) in [4.78, 5) is 13.6. The third-order valence-corrected chi connectivity index (χ3v) is 4.05. The Labute approximate surface area is 111 Å². The molecular weight excluding hydrogens is 251 g/mol. The maximum atomic E-state index is 13.2. The van der Waals surface area contributed by atoms with E-state index < -0.39 is 0 Å². The summed E-state index contributed by atoms with van der Waals surface area (Å²) in [6.07, 6.45) is 1.82. The number of hydrogen-bond acceptors (Lipinski definition) is 3. The molecule has 1 aromatic rings. The molecule has 0 radical (unpaired) electrons. The minimum absolute atomic E-state index is 0.0742. The first-order valence-corrected chi connectivity index (χ1v) is 7.21. The summed E-state index contributed by atoms with van der Waals surface area (Å²) >= 11 is 1.72. The second-order valence-electron chi connectivity index (χ2n) is 4.43. The van der Waals surface area contributed by atoms with Crippen molar-refractivity contribution in [2.75, 3.05) is 19.3 Å². The molecule has 5 heteroatoms. The van der Waals surface area contributed by atoms with Gasteiger partial charge in [0.25, 0.3) is 0 Å². The molecule has 1 aliphatic rings. The molecular formula is C13H17FN2OS. The van der Waals surface area contributed by atoms with Crippen molar-refractivity contribution in [1.82, 2.24) is 10.2 Å². The third kappa shape index (κ3) is 2.84. The normalized spacial score (nSPS) is 21.4. The molecule has 1 fully saturated rings. The van der Waals surface area contributed by atoms with Crippen molar-refractivity contribution in [3.8, 4) is 0 Å². The van der Waals surface area contributed by atoms with E-state index in [1.807, 2.05) is 12.3 Å². The fourth-order valence-electron chi connectivity index (χ4n) is 2.07. The number of benzene rings is 1. The van der Waals surface area contributed by atoms with Crippen molar-refractivity contribution in [1.29, 1.82) is 0 Å². The first-order valence-electron chi connectivity index (χ1n) is 5.93. The van der Waals surface area contributed by atoms with E-state index in [4.69, 9.17) is 0 Å². The third-order valence-electron chi connectivity index (χ3n) is 3.10. The molecule has 1 aromatic carbocycles. The first kappa shape index (κ1) is 13.4. The van der Waals surface area contributed by atoms with Crippen molar-refractivity contribution in [3.05, 3.63) is 35.6 Å². The van der Waals surface area contributed by atoms with Crippen molar-refractivity contribution in [2.45, 2.75) is 18.3 Å². The Morgan fingerprint density at radius 1 is 1.61 bits per heavy atom. The largest absolute Gasteiger partial charge is 0.321 e. The maximum Gasteiger partial charge on any atom is 0.238 e. The molecule has 98 valence electrons. The van der Waals surface area contributed by atoms with Crippen LogP contribution in [0.25, 0.3) is 0 Å². The van der Waals surface area contributed by atoms with Gasteiger partial charge in [0.1, 0.15) is 12.0 Å². The summed E-state index contributed by atoms with van der Waals surface area (Å²) in [5, 5.41) is 3.50. The zero-order chi connectivity index (χ0) is 13.1. The number of thioether (sulfide) groups is 1. The van der Waals surface area contributed by atoms with Crippen LogP contribution in [-0.4, -0.2) is 35.4 Å². The molecule has 1 N–H and O–H groups in total. The van der Waals surface area contributed by atoms with E-state index in [0.29, 0.717) is 18.3 Å². The highest BCUT2D eigenvalue weighted by molar-refractivity contribution is 7.99. The summed E-state index contributed by atoms with van der Waals surface area (Å²) in [7, 11) is 0. The Hall–Kier alpha value is -1.07. The van der Waals surface area contributed by atoms with Crippen LogP contribution in [0.3, 0.4) is 0 Å². The van der Waals surface area contributed by atoms with Crippen LogP contribution in [0.1, 0.15) is 18.7 Å². The van der Waals surface area contributed by atoms with Crippen LogP contribution >= 0.6 is 11.8 Å². The molecule has 1 heterocycles. The van der Waals surface area contributed by atoms with Gasteiger partial charge in [0.2, 0.25) is 5.91 Å². The monoisotopic (exact) mass is 268 g/mol. The highest BCUT2D eigenvalue weighted by Gasteiger charge is 2.32. The van der Waals surface area contributed by atoms with Crippen LogP contribution in [-0.2, 0) is 4.79 Å². The van der Waals surface area contributed by atoms with Crippen molar-refractivity contribution in [3.63, 3.8) is 0 Å². The minimum atomic E-state index is -0.272. The molecule has 0 spiro atoms. The van der Waals surface area contributed by atoms with Gasteiger partial charge in [0, 0.05) is 11.8 Å². The molecule has 3 nitrogen and oxygen atoms in total. The zero-order valence-electron chi connectivity index (χ0n) is 10.5. The lowest BCUT2D eigenvalue weighted by Gasteiger charge is -2.27. The number of halogens is 1. The number of carbonyl (C=O) groups excluding carboxylic acids is 1. The molecule has 2 unspecified atom stereocenters. The Morgan fingerprint density at radius 2 is 2.39 bits per heavy atom. The molecule has 18 heavy (non-hydrogen) atoms. The summed E-state index contributed by atoms with van der Waals surface area (Å²) < 4.78 is 13.2. The highest BCUT2D eigenvalue weighted by atomic mass is 32.2. The predicted molar refractivity (Wildman–Crippen MR) is 71.8 cm³/mol. The van der Waals surface area contributed by atoms with Crippen molar-refractivity contribution < 1.29 is 9.18 Å². The summed E-state index contributed by atoms with van der Waals surface area (Å²) in [5.74, 6) is -0.198. The summed E-state index contributed by atoms with van der Waals surface area (Å²) in [6, 6.07) is 6.41. The lowest BCUT2D eigenvalue weighted by atomic mass is 10.1. The van der Waals surface area contributed by atoms with Crippen LogP contribution in [0, 0.1) is 5.82 Å². The van der Waals surface area contributed by atoms with Crippen molar-refractivity contribution in [2.24, 2.45) is 0 Å². The van der Waals surface area contributed by atoms with Gasteiger partial charge in [-0.05, 0) is 24.0 Å². The number of carbonyl (C=O) groups is 1. The Kier molecular flexibility index (Phi) is 4.24. The van der Waals surface area contributed by atoms with E-state index in [1.165, 1.54) is 12.1 Å². The molecule has 2 atom stereocenters. The molecule has 0 aromatic heterocycles. The summed E-state index contributed by atoms with van der Waals surface area (Å²) in [5.41, 5.74) is 0.800. The number of hydrogen-bond donors (Lipinski definition) is 1. The van der Waals surface area contributed by atoms with Crippen LogP contribution < -0.4 is 5.32 Å². The Bertz CT molecular complexity index is 441. The van der Waals surface area contributed by atoms with Gasteiger partial charge in [-0.1, -0.05) is 19.1 Å². The second-order valence-corrected chi connectivity index (χ2v) is 5.71. The Balaban J connectivity index is 2.18. The topological polar surface area (TPSA) is 32.3 Å². The molecule has 0 aliphatic carbocycles. The number of rotatable bonds is 4. The van der Waals surface area contributed by atoms with Gasteiger partial charge in [-0.3, -0.25) is 10.1 Å². The highest BCUT2D eigenvalue weighted by Crippen LogP contribution is 2.24. The molecule has 1 amide bonds. The molecule has 2 rings (SSSR count). The number of nitrogens with zero attached hydrogens (tertiary/aromatic N) is 1. The number of amides is 1. The lowest BCUT2D eigenvalue weighted by Crippen LogP contribution is -2.35. The SMILES string of the molecule is CSC(C)CN1C(=O)CNC1c1cccc(F)c1. The average Bonchev–Trinajstić information content (AvgIpc) is 2.71. The van der Waals surface area contributed by atoms with Crippen LogP contribution in [0.5, 0.6) is 0 Å². The van der Waals surface area contributed by atoms with E-state index in [9.17, 15) is 9.18 Å². The second kappa shape index (κ2) is 5.71. The van der Waals surface area contributed by atoms with Crippen LogP contribution in [0.4, 0.5) is 4.39 Å². The standard InChI is InChI=1S/C13H17FN2OS/c1-9(18-2)8-16-12(17)7-15-13(16)10-4-3-5-11(14)6-10/h3-6,9,13,15H,7-8H2,1-2H3. The van der Waals surface area contributed by atoms with Crippen LogP contribution in [0.2, 0.25) is 0 Å². The fraction of sp³-hybridized carbons (Fsp3) is 0.462. The zero-order valence-corrected chi connectivity index (χ0v) is 11.3. The smallest absolute Gasteiger partial charge is 0.238 e. The van der Waals surface area contributed by atoms with Gasteiger partial charge in [-0.25, -0.2) is 4.39 Å². The van der Waals surface area contributed by atoms with Gasteiger partial charge in [-0.15, -0.1) is 0 Å². The van der Waals surface area contributed by atoms with Gasteiger partial charge >= 0.3 is 0 Å². The molecule has 1 aliphatic heterocycles. The minimum Gasteiger partial charge on any atom is -0.321 e. The quantitative estimate of drug-likeness (QED) is 0.906. The Morgan fingerprint density at radius 3 is 3.06 bits per heavy atom. The van der Waals surface area contributed by atoms with Crippen LogP contribution in [0.15, 0.2) is 24.3 Å². The van der Waals surface area contributed by atoms with Gasteiger partial charge in [0.15, 0.2) is 0 Å². The average molecular weight is 268 g/mol. The van der Waals surface area contributed by atoms with Gasteiger partial charge < -0.3 is 4.90 Å². The molecule has 0 saturated carbocycles. The molecule has 1 saturated heterocycles. The van der Waals surface area contributed by atoms with Gasteiger partial charge in [-0.2, -0.15) is 11.8 Å². The number of nitrogens with one attached hydrogen (secondary N) is 1. The van der Waals surface area contributed by atoms with Crippen molar-refractivity contribution >= 4 is 17.7 Å². The molecule has 0 bridgehead atoms. The first-order chi connectivity index (χ1) is 8.61. The fourth-order valence-corrected chi connectivity index (χ4v) is 2.38. The summed E-state index contributed by atoms with van der Waals surface area (Å²) in [6.45, 7) is 3.08. The lowest BCUT2D eigenvalue weighted by molar-refractivity contribution is -0.128.